The molecule has 1 aromatic carbocycles. The van der Waals surface area contributed by atoms with Gasteiger partial charge >= 0.3 is 0 Å². The Labute approximate surface area is 111 Å². The molecule has 0 amide bonds. The summed E-state index contributed by atoms with van der Waals surface area (Å²) in [6.45, 7) is 0. The number of pyridine rings is 1. The van der Waals surface area contributed by atoms with Gasteiger partial charge in [0.1, 0.15) is 12.4 Å². The SMILES string of the molecule is CN(C)c1ccc(-c2cc(C=O)ccn2)cc1C#N. The molecule has 0 spiro atoms. The van der Waals surface area contributed by atoms with E-state index in [2.05, 4.69) is 11.1 Å². The van der Waals surface area contributed by atoms with Crippen LogP contribution in [0.2, 0.25) is 0 Å². The monoisotopic (exact) mass is 251 g/mol. The van der Waals surface area contributed by atoms with Gasteiger partial charge in [-0.25, -0.2) is 0 Å². The molecule has 94 valence electrons. The molecule has 19 heavy (non-hydrogen) atoms. The lowest BCUT2D eigenvalue weighted by Crippen LogP contribution is -2.10. The largest absolute Gasteiger partial charge is 0.377 e. The first-order valence-corrected chi connectivity index (χ1v) is 5.79. The lowest BCUT2D eigenvalue weighted by atomic mass is 10.0. The highest BCUT2D eigenvalue weighted by Gasteiger charge is 2.07. The molecule has 0 atom stereocenters. The van der Waals surface area contributed by atoms with Crippen LogP contribution in [-0.2, 0) is 0 Å². The molecule has 0 saturated carbocycles. The summed E-state index contributed by atoms with van der Waals surface area (Å²) in [4.78, 5) is 16.9. The van der Waals surface area contributed by atoms with Gasteiger partial charge in [-0.05, 0) is 24.3 Å². The van der Waals surface area contributed by atoms with Crippen molar-refractivity contribution in [1.29, 1.82) is 5.26 Å². The van der Waals surface area contributed by atoms with Gasteiger partial charge in [-0.15, -0.1) is 0 Å². The zero-order valence-corrected chi connectivity index (χ0v) is 10.8. The van der Waals surface area contributed by atoms with Gasteiger partial charge in [0.05, 0.1) is 16.9 Å². The topological polar surface area (TPSA) is 57.0 Å². The van der Waals surface area contributed by atoms with E-state index in [4.69, 9.17) is 0 Å². The Morgan fingerprint density at radius 2 is 2.05 bits per heavy atom. The van der Waals surface area contributed by atoms with Crippen molar-refractivity contribution in [2.75, 3.05) is 19.0 Å². The highest BCUT2D eigenvalue weighted by atomic mass is 16.1. The standard InChI is InChI=1S/C15H13N3O/c1-18(2)15-4-3-12(8-13(15)9-16)14-7-11(10-19)5-6-17-14/h3-8,10H,1-2H3. The van der Waals surface area contributed by atoms with Crippen molar-refractivity contribution >= 4 is 12.0 Å². The molecular weight excluding hydrogens is 238 g/mol. The summed E-state index contributed by atoms with van der Waals surface area (Å²) >= 11 is 0. The fourth-order valence-electron chi connectivity index (χ4n) is 1.85. The number of hydrogen-bond acceptors (Lipinski definition) is 4. The Kier molecular flexibility index (Phi) is 3.58. The predicted octanol–water partition coefficient (Wildman–Crippen LogP) is 2.50. The average molecular weight is 251 g/mol. The van der Waals surface area contributed by atoms with Crippen molar-refractivity contribution in [1.82, 2.24) is 4.98 Å². The van der Waals surface area contributed by atoms with Crippen molar-refractivity contribution in [2.45, 2.75) is 0 Å². The summed E-state index contributed by atoms with van der Waals surface area (Å²) in [5, 5.41) is 9.19. The smallest absolute Gasteiger partial charge is 0.150 e. The van der Waals surface area contributed by atoms with Crippen molar-refractivity contribution in [3.05, 3.63) is 47.7 Å². The lowest BCUT2D eigenvalue weighted by Gasteiger charge is -2.14. The Balaban J connectivity index is 2.52. The maximum absolute atomic E-state index is 10.8. The van der Waals surface area contributed by atoms with Crippen molar-refractivity contribution in [2.24, 2.45) is 0 Å². The molecule has 4 heteroatoms. The minimum absolute atomic E-state index is 0.570. The van der Waals surface area contributed by atoms with Crippen LogP contribution in [0, 0.1) is 11.3 Å². The minimum Gasteiger partial charge on any atom is -0.377 e. The second-order valence-corrected chi connectivity index (χ2v) is 4.33. The van der Waals surface area contributed by atoms with E-state index in [0.29, 0.717) is 16.8 Å². The molecule has 1 heterocycles. The first kappa shape index (κ1) is 12.8. The minimum atomic E-state index is 0.570. The van der Waals surface area contributed by atoms with Gasteiger partial charge in [0.2, 0.25) is 0 Å². The van der Waals surface area contributed by atoms with Crippen LogP contribution < -0.4 is 4.90 Å². The third-order valence-corrected chi connectivity index (χ3v) is 2.81. The molecule has 0 radical (unpaired) electrons. The van der Waals surface area contributed by atoms with Crippen LogP contribution in [-0.4, -0.2) is 25.4 Å². The fourth-order valence-corrected chi connectivity index (χ4v) is 1.85. The highest BCUT2D eigenvalue weighted by Crippen LogP contribution is 2.25. The maximum Gasteiger partial charge on any atom is 0.150 e. The molecule has 0 aliphatic heterocycles. The van der Waals surface area contributed by atoms with E-state index in [1.165, 1.54) is 0 Å². The first-order chi connectivity index (χ1) is 9.15. The Morgan fingerprint density at radius 3 is 2.68 bits per heavy atom. The summed E-state index contributed by atoms with van der Waals surface area (Å²) in [5.74, 6) is 0. The molecule has 4 nitrogen and oxygen atoms in total. The van der Waals surface area contributed by atoms with E-state index < -0.39 is 0 Å². The van der Waals surface area contributed by atoms with Crippen LogP contribution in [0.1, 0.15) is 15.9 Å². The zero-order chi connectivity index (χ0) is 13.8. The first-order valence-electron chi connectivity index (χ1n) is 5.79. The van der Waals surface area contributed by atoms with Crippen LogP contribution in [0.5, 0.6) is 0 Å². The number of carbonyl (C=O) groups excluding carboxylic acids is 1. The molecule has 0 aliphatic rings. The number of anilines is 1. The zero-order valence-electron chi connectivity index (χ0n) is 10.8. The van der Waals surface area contributed by atoms with E-state index in [9.17, 15) is 10.1 Å². The van der Waals surface area contributed by atoms with E-state index in [-0.39, 0.29) is 0 Å². The third kappa shape index (κ3) is 2.61. The predicted molar refractivity (Wildman–Crippen MR) is 74.1 cm³/mol. The number of rotatable bonds is 3. The van der Waals surface area contributed by atoms with Gasteiger partial charge < -0.3 is 4.90 Å². The molecule has 0 bridgehead atoms. The van der Waals surface area contributed by atoms with Gasteiger partial charge in [-0.3, -0.25) is 9.78 Å². The Morgan fingerprint density at radius 1 is 1.26 bits per heavy atom. The normalized spacial score (nSPS) is 9.74. The molecule has 0 aliphatic carbocycles. The second-order valence-electron chi connectivity index (χ2n) is 4.33. The molecule has 1 aromatic heterocycles. The number of aromatic nitrogens is 1. The van der Waals surface area contributed by atoms with Gasteiger partial charge in [0, 0.05) is 31.4 Å². The molecule has 0 fully saturated rings. The molecule has 0 unspecified atom stereocenters. The number of nitrogens with zero attached hydrogens (tertiary/aromatic N) is 3. The van der Waals surface area contributed by atoms with Crippen molar-refractivity contribution < 1.29 is 4.79 Å². The van der Waals surface area contributed by atoms with Gasteiger partial charge in [-0.1, -0.05) is 6.07 Å². The molecule has 2 aromatic rings. The summed E-state index contributed by atoms with van der Waals surface area (Å²) in [6, 6.07) is 11.1. The quantitative estimate of drug-likeness (QED) is 0.786. The molecule has 0 N–H and O–H groups in total. The summed E-state index contributed by atoms with van der Waals surface area (Å²) in [6.07, 6.45) is 2.37. The van der Waals surface area contributed by atoms with Gasteiger partial charge in [-0.2, -0.15) is 5.26 Å². The molecule has 2 rings (SSSR count). The van der Waals surface area contributed by atoms with Crippen LogP contribution in [0.15, 0.2) is 36.5 Å². The number of benzene rings is 1. The van der Waals surface area contributed by atoms with Crippen LogP contribution >= 0.6 is 0 Å². The number of carbonyl (C=O) groups is 1. The highest BCUT2D eigenvalue weighted by molar-refractivity contribution is 5.78. The maximum atomic E-state index is 10.8. The molecule has 0 saturated heterocycles. The summed E-state index contributed by atoms with van der Waals surface area (Å²) in [5.41, 5.74) is 3.52. The van der Waals surface area contributed by atoms with E-state index >= 15 is 0 Å². The van der Waals surface area contributed by atoms with Crippen molar-refractivity contribution in [3.8, 4) is 17.3 Å². The van der Waals surface area contributed by atoms with Gasteiger partial charge in [0.15, 0.2) is 0 Å². The van der Waals surface area contributed by atoms with Crippen LogP contribution in [0.4, 0.5) is 5.69 Å². The number of hydrogen-bond donors (Lipinski definition) is 0. The lowest BCUT2D eigenvalue weighted by molar-refractivity contribution is 0.112. The van der Waals surface area contributed by atoms with E-state index in [1.807, 2.05) is 31.1 Å². The fraction of sp³-hybridized carbons (Fsp3) is 0.133. The van der Waals surface area contributed by atoms with Crippen molar-refractivity contribution in [3.63, 3.8) is 0 Å². The Bertz CT molecular complexity index is 657. The third-order valence-electron chi connectivity index (χ3n) is 2.81. The van der Waals surface area contributed by atoms with Gasteiger partial charge in [0.25, 0.3) is 0 Å². The van der Waals surface area contributed by atoms with Crippen LogP contribution in [0.3, 0.4) is 0 Å². The Hall–Kier alpha value is -2.67. The molecular formula is C15H13N3O. The van der Waals surface area contributed by atoms with E-state index in [1.54, 1.807) is 24.4 Å². The number of aldehydes is 1. The second kappa shape index (κ2) is 5.32. The number of nitriles is 1. The summed E-state index contributed by atoms with van der Waals surface area (Å²) < 4.78 is 0. The average Bonchev–Trinajstić information content (AvgIpc) is 2.46. The van der Waals surface area contributed by atoms with E-state index in [0.717, 1.165) is 17.5 Å². The summed E-state index contributed by atoms with van der Waals surface area (Å²) in [7, 11) is 3.78. The van der Waals surface area contributed by atoms with Crippen LogP contribution in [0.25, 0.3) is 11.3 Å².